The van der Waals surface area contributed by atoms with Crippen molar-refractivity contribution in [3.8, 4) is 11.4 Å². The predicted molar refractivity (Wildman–Crippen MR) is 110 cm³/mol. The minimum absolute atomic E-state index is 0.157. The summed E-state index contributed by atoms with van der Waals surface area (Å²) in [6, 6.07) is 12.0. The standard InChI is InChI=1S/C23H21N3O5/c1-3-4-11-26-21(27)17-10-9-15(12-18(17)22(26)28)23(29)30-13-19-24-20(25-31-19)16-8-6-5-7-14(16)2/h5-10,12H,3-4,11,13H2,1-2H3. The molecule has 2 amide bonds. The number of nitrogens with zero attached hydrogens (tertiary/aromatic N) is 3. The zero-order chi connectivity index (χ0) is 22.0. The molecule has 8 heteroatoms. The summed E-state index contributed by atoms with van der Waals surface area (Å²) in [7, 11) is 0. The van der Waals surface area contributed by atoms with Crippen LogP contribution in [-0.2, 0) is 11.3 Å². The van der Waals surface area contributed by atoms with E-state index in [0.29, 0.717) is 17.9 Å². The molecular formula is C23H21N3O5. The lowest BCUT2D eigenvalue weighted by molar-refractivity contribution is 0.0429. The minimum atomic E-state index is -0.648. The molecule has 8 nitrogen and oxygen atoms in total. The maximum Gasteiger partial charge on any atom is 0.338 e. The van der Waals surface area contributed by atoms with E-state index in [4.69, 9.17) is 9.26 Å². The number of unbranched alkanes of at least 4 members (excludes halogenated alkanes) is 1. The third kappa shape index (κ3) is 3.96. The van der Waals surface area contributed by atoms with Crippen LogP contribution in [0.3, 0.4) is 0 Å². The van der Waals surface area contributed by atoms with Crippen LogP contribution in [0.2, 0.25) is 0 Å². The highest BCUT2D eigenvalue weighted by atomic mass is 16.6. The first kappa shape index (κ1) is 20.5. The van der Waals surface area contributed by atoms with Gasteiger partial charge in [-0.3, -0.25) is 14.5 Å². The number of rotatable bonds is 7. The molecule has 0 atom stereocenters. The number of carbonyl (C=O) groups is 3. The van der Waals surface area contributed by atoms with Gasteiger partial charge in [0.15, 0.2) is 6.61 Å². The molecule has 1 aromatic heterocycles. The van der Waals surface area contributed by atoms with Crippen molar-refractivity contribution in [2.24, 2.45) is 0 Å². The molecule has 0 aliphatic carbocycles. The van der Waals surface area contributed by atoms with Crippen LogP contribution in [0, 0.1) is 6.92 Å². The molecule has 0 fully saturated rings. The van der Waals surface area contributed by atoms with Gasteiger partial charge in [0, 0.05) is 12.1 Å². The number of hydrogen-bond acceptors (Lipinski definition) is 7. The van der Waals surface area contributed by atoms with Gasteiger partial charge in [-0.15, -0.1) is 0 Å². The van der Waals surface area contributed by atoms with Crippen LogP contribution in [0.4, 0.5) is 0 Å². The van der Waals surface area contributed by atoms with Crippen molar-refractivity contribution >= 4 is 17.8 Å². The number of aromatic nitrogens is 2. The second-order valence-corrected chi connectivity index (χ2v) is 7.28. The first-order valence-corrected chi connectivity index (χ1v) is 10.1. The van der Waals surface area contributed by atoms with Gasteiger partial charge >= 0.3 is 5.97 Å². The number of esters is 1. The van der Waals surface area contributed by atoms with Gasteiger partial charge in [0.2, 0.25) is 5.82 Å². The molecule has 158 valence electrons. The van der Waals surface area contributed by atoms with Crippen molar-refractivity contribution in [1.82, 2.24) is 15.0 Å². The van der Waals surface area contributed by atoms with Crippen molar-refractivity contribution < 1.29 is 23.6 Å². The van der Waals surface area contributed by atoms with Crippen LogP contribution in [-0.4, -0.2) is 39.4 Å². The molecule has 0 saturated carbocycles. The summed E-state index contributed by atoms with van der Waals surface area (Å²) in [4.78, 5) is 42.9. The van der Waals surface area contributed by atoms with Gasteiger partial charge in [-0.05, 0) is 37.1 Å². The number of ether oxygens (including phenoxy) is 1. The van der Waals surface area contributed by atoms with Gasteiger partial charge in [0.25, 0.3) is 17.7 Å². The van der Waals surface area contributed by atoms with Crippen LogP contribution in [0.5, 0.6) is 0 Å². The van der Waals surface area contributed by atoms with Gasteiger partial charge in [-0.1, -0.05) is 42.8 Å². The molecule has 2 aromatic carbocycles. The van der Waals surface area contributed by atoms with Crippen molar-refractivity contribution in [2.45, 2.75) is 33.3 Å². The fraction of sp³-hybridized carbons (Fsp3) is 0.261. The molecule has 0 N–H and O–H groups in total. The van der Waals surface area contributed by atoms with E-state index in [0.717, 1.165) is 24.0 Å². The lowest BCUT2D eigenvalue weighted by Crippen LogP contribution is -2.30. The number of amides is 2. The minimum Gasteiger partial charge on any atom is -0.452 e. The van der Waals surface area contributed by atoms with E-state index in [9.17, 15) is 14.4 Å². The third-order valence-corrected chi connectivity index (χ3v) is 5.12. The molecule has 0 unspecified atom stereocenters. The summed E-state index contributed by atoms with van der Waals surface area (Å²) in [6.07, 6.45) is 1.60. The molecule has 4 rings (SSSR count). The summed E-state index contributed by atoms with van der Waals surface area (Å²) >= 11 is 0. The number of hydrogen-bond donors (Lipinski definition) is 0. The van der Waals surface area contributed by atoms with Crippen LogP contribution >= 0.6 is 0 Å². The Morgan fingerprint density at radius 2 is 1.84 bits per heavy atom. The summed E-state index contributed by atoms with van der Waals surface area (Å²) in [5.41, 5.74) is 2.53. The normalized spacial score (nSPS) is 12.9. The first-order chi connectivity index (χ1) is 15.0. The Balaban J connectivity index is 1.44. The average molecular weight is 419 g/mol. The number of benzene rings is 2. The van der Waals surface area contributed by atoms with Crippen molar-refractivity contribution in [2.75, 3.05) is 6.54 Å². The smallest absolute Gasteiger partial charge is 0.338 e. The lowest BCUT2D eigenvalue weighted by atomic mass is 10.1. The van der Waals surface area contributed by atoms with Crippen molar-refractivity contribution in [1.29, 1.82) is 0 Å². The third-order valence-electron chi connectivity index (χ3n) is 5.12. The fourth-order valence-corrected chi connectivity index (χ4v) is 3.39. The second-order valence-electron chi connectivity index (χ2n) is 7.28. The molecular weight excluding hydrogens is 398 g/mol. The maximum atomic E-state index is 12.6. The maximum absolute atomic E-state index is 12.6. The van der Waals surface area contributed by atoms with E-state index in [1.54, 1.807) is 0 Å². The van der Waals surface area contributed by atoms with Gasteiger partial charge in [0.05, 0.1) is 16.7 Å². The van der Waals surface area contributed by atoms with E-state index in [1.807, 2.05) is 38.1 Å². The van der Waals surface area contributed by atoms with E-state index in [1.165, 1.54) is 23.1 Å². The first-order valence-electron chi connectivity index (χ1n) is 10.1. The molecule has 3 aromatic rings. The number of fused-ring (bicyclic) bond motifs is 1. The van der Waals surface area contributed by atoms with Gasteiger partial charge < -0.3 is 9.26 Å². The number of carbonyl (C=O) groups excluding carboxylic acids is 3. The van der Waals surface area contributed by atoms with Crippen LogP contribution in [0.25, 0.3) is 11.4 Å². The Kier molecular flexibility index (Phi) is 5.62. The number of aryl methyl sites for hydroxylation is 1. The van der Waals surface area contributed by atoms with Gasteiger partial charge in [-0.25, -0.2) is 4.79 Å². The zero-order valence-corrected chi connectivity index (χ0v) is 17.3. The van der Waals surface area contributed by atoms with Gasteiger partial charge in [0.1, 0.15) is 0 Å². The molecule has 1 aliphatic rings. The molecule has 0 saturated heterocycles. The van der Waals surface area contributed by atoms with E-state index < -0.39 is 5.97 Å². The molecule has 0 spiro atoms. The zero-order valence-electron chi connectivity index (χ0n) is 17.3. The Labute approximate surface area is 178 Å². The molecule has 0 bridgehead atoms. The lowest BCUT2D eigenvalue weighted by Gasteiger charge is -2.12. The summed E-state index contributed by atoms with van der Waals surface area (Å²) in [6.45, 7) is 4.08. The Bertz CT molecular complexity index is 1170. The fourth-order valence-electron chi connectivity index (χ4n) is 3.39. The van der Waals surface area contributed by atoms with Crippen molar-refractivity contribution in [3.05, 3.63) is 70.6 Å². The topological polar surface area (TPSA) is 103 Å². The van der Waals surface area contributed by atoms with E-state index >= 15 is 0 Å². The Hall–Kier alpha value is -3.81. The van der Waals surface area contributed by atoms with Crippen molar-refractivity contribution in [3.63, 3.8) is 0 Å². The van der Waals surface area contributed by atoms with E-state index in [-0.39, 0.29) is 35.4 Å². The molecule has 1 aliphatic heterocycles. The van der Waals surface area contributed by atoms with Crippen LogP contribution < -0.4 is 0 Å². The number of imide groups is 1. The monoisotopic (exact) mass is 419 g/mol. The van der Waals surface area contributed by atoms with E-state index in [2.05, 4.69) is 10.1 Å². The highest BCUT2D eigenvalue weighted by Gasteiger charge is 2.35. The summed E-state index contributed by atoms with van der Waals surface area (Å²) in [5.74, 6) is -0.792. The quantitative estimate of drug-likeness (QED) is 0.424. The highest BCUT2D eigenvalue weighted by Crippen LogP contribution is 2.25. The average Bonchev–Trinajstić information content (AvgIpc) is 3.34. The molecule has 2 heterocycles. The van der Waals surface area contributed by atoms with Gasteiger partial charge in [-0.2, -0.15) is 4.98 Å². The molecule has 31 heavy (non-hydrogen) atoms. The highest BCUT2D eigenvalue weighted by molar-refractivity contribution is 6.21. The largest absolute Gasteiger partial charge is 0.452 e. The Morgan fingerprint density at radius 3 is 2.61 bits per heavy atom. The van der Waals surface area contributed by atoms with Crippen LogP contribution in [0.1, 0.15) is 62.3 Å². The van der Waals surface area contributed by atoms with Crippen LogP contribution in [0.15, 0.2) is 47.0 Å². The Morgan fingerprint density at radius 1 is 1.06 bits per heavy atom. The predicted octanol–water partition coefficient (Wildman–Crippen LogP) is 3.80. The SMILES string of the molecule is CCCCN1C(=O)c2ccc(C(=O)OCc3nc(-c4ccccc4C)no3)cc2C1=O. The molecule has 0 radical (unpaired) electrons. The second kappa shape index (κ2) is 8.51. The summed E-state index contributed by atoms with van der Waals surface area (Å²) in [5, 5.41) is 3.93. The summed E-state index contributed by atoms with van der Waals surface area (Å²) < 4.78 is 10.4.